The lowest BCUT2D eigenvalue weighted by atomic mass is 10.3. The first-order valence-corrected chi connectivity index (χ1v) is 8.60. The van der Waals surface area contributed by atoms with E-state index in [4.69, 9.17) is 15.0 Å². The molecule has 1 atom stereocenters. The highest BCUT2D eigenvalue weighted by atomic mass is 16.5. The average Bonchev–Trinajstić information content (AvgIpc) is 3.32. The maximum atomic E-state index is 6.30. The minimum Gasteiger partial charge on any atom is -0.481 e. The van der Waals surface area contributed by atoms with E-state index in [2.05, 4.69) is 26.9 Å². The molecule has 2 N–H and O–H groups in total. The largest absolute Gasteiger partial charge is 0.481 e. The molecule has 3 heterocycles. The van der Waals surface area contributed by atoms with Crippen molar-refractivity contribution in [1.29, 1.82) is 0 Å². The summed E-state index contributed by atoms with van der Waals surface area (Å²) in [7, 11) is 3.96. The lowest BCUT2D eigenvalue weighted by molar-refractivity contribution is -0.803. The number of nitrogens with two attached hydrogens (primary N) is 1. The first kappa shape index (κ1) is 17.7. The fraction of sp³-hybridized carbons (Fsp3) is 0.150. The molecule has 140 valence electrons. The molecule has 2 aromatic rings. The van der Waals surface area contributed by atoms with Gasteiger partial charge in [-0.15, -0.1) is 5.84 Å². The molecular formula is C20H19N6O2+. The van der Waals surface area contributed by atoms with Crippen LogP contribution >= 0.6 is 0 Å². The molecule has 0 aliphatic carbocycles. The van der Waals surface area contributed by atoms with Gasteiger partial charge in [0.2, 0.25) is 0 Å². The number of quaternary nitrogens is 1. The van der Waals surface area contributed by atoms with Gasteiger partial charge in [0.1, 0.15) is 18.6 Å². The summed E-state index contributed by atoms with van der Waals surface area (Å²) in [5.41, 5.74) is 1.56. The van der Waals surface area contributed by atoms with Crippen LogP contribution in [0.1, 0.15) is 5.76 Å². The monoisotopic (exact) mass is 375 g/mol. The maximum Gasteiger partial charge on any atom is 0.300 e. The number of ether oxygens (including phenoxy) is 1. The molecule has 0 saturated carbocycles. The smallest absolute Gasteiger partial charge is 0.300 e. The predicted octanol–water partition coefficient (Wildman–Crippen LogP) is 2.12. The van der Waals surface area contributed by atoms with Gasteiger partial charge in [-0.1, -0.05) is 12.0 Å². The summed E-state index contributed by atoms with van der Waals surface area (Å²) in [6.45, 7) is 0.232. The third-order valence-corrected chi connectivity index (χ3v) is 4.09. The second-order valence-corrected chi connectivity index (χ2v) is 6.36. The van der Waals surface area contributed by atoms with Crippen molar-refractivity contribution in [2.45, 2.75) is 0 Å². The Labute approximate surface area is 162 Å². The molecule has 0 spiro atoms. The van der Waals surface area contributed by atoms with Gasteiger partial charge in [0.25, 0.3) is 11.7 Å². The number of hydrogen-bond donors (Lipinski definition) is 1. The van der Waals surface area contributed by atoms with Crippen LogP contribution in [0.25, 0.3) is 0 Å². The molecule has 0 saturated heterocycles. The number of benzene rings is 1. The van der Waals surface area contributed by atoms with E-state index in [0.717, 1.165) is 11.4 Å². The fourth-order valence-electron chi connectivity index (χ4n) is 2.65. The van der Waals surface area contributed by atoms with Crippen LogP contribution in [0.3, 0.4) is 0 Å². The zero-order valence-corrected chi connectivity index (χ0v) is 15.5. The van der Waals surface area contributed by atoms with E-state index in [1.165, 1.54) is 0 Å². The standard InChI is InChI=1S/C20H19N6O2/c1-25(2)16-7-3-8-17(12-16)27-10-4-6-15-14-26(21)19(13-22-15)23-20(24-26)18-9-5-11-28-18/h3,5,7-9,11-14H,10,21H2,1-2H3/q+1. The van der Waals surface area contributed by atoms with Crippen molar-refractivity contribution in [2.24, 2.45) is 20.9 Å². The maximum absolute atomic E-state index is 6.30. The van der Waals surface area contributed by atoms with Crippen LogP contribution in [0, 0.1) is 11.8 Å². The van der Waals surface area contributed by atoms with E-state index in [-0.39, 0.29) is 11.3 Å². The van der Waals surface area contributed by atoms with Crippen molar-refractivity contribution < 1.29 is 13.9 Å². The number of amidine groups is 2. The number of aliphatic imine (C=N–C) groups is 2. The first-order valence-electron chi connectivity index (χ1n) is 8.60. The molecule has 8 heteroatoms. The van der Waals surface area contributed by atoms with Gasteiger partial charge in [-0.3, -0.25) is 0 Å². The molecule has 4 rings (SSSR count). The van der Waals surface area contributed by atoms with Crippen LogP contribution in [0.4, 0.5) is 5.69 Å². The van der Waals surface area contributed by atoms with Gasteiger partial charge in [-0.05, 0) is 40.0 Å². The summed E-state index contributed by atoms with van der Waals surface area (Å²) in [4.78, 5) is 10.7. The highest BCUT2D eigenvalue weighted by molar-refractivity contribution is 6.31. The fourth-order valence-corrected chi connectivity index (χ4v) is 2.65. The first-order chi connectivity index (χ1) is 13.5. The summed E-state index contributed by atoms with van der Waals surface area (Å²) in [5.74, 6) is 14.4. The molecule has 0 fully saturated rings. The summed E-state index contributed by atoms with van der Waals surface area (Å²) in [6.07, 6.45) is 4.75. The highest BCUT2D eigenvalue weighted by Crippen LogP contribution is 2.21. The van der Waals surface area contributed by atoms with Gasteiger partial charge in [-0.2, -0.15) is 4.99 Å². The average molecular weight is 375 g/mol. The van der Waals surface area contributed by atoms with Crippen molar-refractivity contribution in [1.82, 2.24) is 0 Å². The van der Waals surface area contributed by atoms with Crippen LogP contribution < -0.4 is 15.5 Å². The quantitative estimate of drug-likeness (QED) is 0.504. The molecule has 8 nitrogen and oxygen atoms in total. The van der Waals surface area contributed by atoms with E-state index in [1.54, 1.807) is 30.8 Å². The summed E-state index contributed by atoms with van der Waals surface area (Å²) in [6, 6.07) is 11.3. The molecule has 1 aromatic heterocycles. The third kappa shape index (κ3) is 3.57. The Morgan fingerprint density at radius 1 is 1.25 bits per heavy atom. The lowest BCUT2D eigenvalue weighted by Gasteiger charge is -2.17. The number of furan rings is 1. The molecule has 2 aliphatic heterocycles. The van der Waals surface area contributed by atoms with Crippen molar-refractivity contribution in [2.75, 3.05) is 25.6 Å². The zero-order chi connectivity index (χ0) is 19.6. The predicted molar refractivity (Wildman–Crippen MR) is 108 cm³/mol. The van der Waals surface area contributed by atoms with Gasteiger partial charge >= 0.3 is 0 Å². The number of hydrogen-bond acceptors (Lipinski definition) is 7. The molecule has 0 radical (unpaired) electrons. The highest BCUT2D eigenvalue weighted by Gasteiger charge is 2.39. The van der Waals surface area contributed by atoms with Crippen LogP contribution in [-0.2, 0) is 0 Å². The second-order valence-electron chi connectivity index (χ2n) is 6.36. The van der Waals surface area contributed by atoms with Gasteiger partial charge in [0.05, 0.1) is 6.26 Å². The molecular weight excluding hydrogens is 356 g/mol. The summed E-state index contributed by atoms with van der Waals surface area (Å²) in [5, 5.41) is 4.40. The number of nitrogens with zero attached hydrogens (tertiary/aromatic N) is 5. The van der Waals surface area contributed by atoms with Crippen molar-refractivity contribution in [3.63, 3.8) is 0 Å². The Balaban J connectivity index is 1.44. The second kappa shape index (κ2) is 7.15. The normalized spacial score (nSPS) is 19.8. The van der Waals surface area contributed by atoms with Gasteiger partial charge in [0.15, 0.2) is 17.7 Å². The van der Waals surface area contributed by atoms with Crippen LogP contribution in [0.2, 0.25) is 0 Å². The van der Waals surface area contributed by atoms with Crippen LogP contribution in [-0.4, -0.2) is 43.3 Å². The summed E-state index contributed by atoms with van der Waals surface area (Å²) < 4.78 is 10.7. The van der Waals surface area contributed by atoms with E-state index >= 15 is 0 Å². The van der Waals surface area contributed by atoms with Crippen molar-refractivity contribution >= 4 is 23.6 Å². The SMILES string of the molecule is CN(C)c1cccc(OCC#CC2=C[N+]3(N)N=C(c4ccco4)N=C3C=N2)c1. The van der Waals surface area contributed by atoms with E-state index < -0.39 is 0 Å². The van der Waals surface area contributed by atoms with Gasteiger partial charge in [0, 0.05) is 25.8 Å². The molecule has 2 aliphatic rings. The van der Waals surface area contributed by atoms with Crippen LogP contribution in [0.5, 0.6) is 5.75 Å². The van der Waals surface area contributed by atoms with E-state index in [0.29, 0.717) is 23.1 Å². The Morgan fingerprint density at radius 3 is 2.93 bits per heavy atom. The number of fused-ring (bicyclic) bond motifs is 1. The van der Waals surface area contributed by atoms with Gasteiger partial charge in [-0.25, -0.2) is 4.99 Å². The molecule has 1 unspecified atom stereocenters. The number of rotatable bonds is 4. The third-order valence-electron chi connectivity index (χ3n) is 4.09. The molecule has 28 heavy (non-hydrogen) atoms. The number of allylic oxidation sites excluding steroid dienone is 1. The van der Waals surface area contributed by atoms with E-state index in [1.807, 2.05) is 43.3 Å². The molecule has 1 aromatic carbocycles. The van der Waals surface area contributed by atoms with Gasteiger partial charge < -0.3 is 14.1 Å². The lowest BCUT2D eigenvalue weighted by Crippen LogP contribution is -2.50. The topological polar surface area (TPSA) is 88.7 Å². The Bertz CT molecular complexity index is 1070. The summed E-state index contributed by atoms with van der Waals surface area (Å²) >= 11 is 0. The van der Waals surface area contributed by atoms with Crippen LogP contribution in [0.15, 0.2) is 74.1 Å². The van der Waals surface area contributed by atoms with E-state index in [9.17, 15) is 0 Å². The molecule has 0 bridgehead atoms. The van der Waals surface area contributed by atoms with Crippen molar-refractivity contribution in [3.05, 3.63) is 60.3 Å². The Kier molecular flexibility index (Phi) is 4.53. The Morgan fingerprint density at radius 2 is 2.14 bits per heavy atom. The van der Waals surface area contributed by atoms with Crippen molar-refractivity contribution in [3.8, 4) is 17.6 Å². The zero-order valence-electron chi connectivity index (χ0n) is 15.5. The minimum atomic E-state index is -0.338. The number of anilines is 1. The molecule has 0 amide bonds. The Hall–Kier alpha value is -3.67. The minimum absolute atomic E-state index is 0.232.